The van der Waals surface area contributed by atoms with Crippen molar-refractivity contribution in [3.63, 3.8) is 0 Å². The van der Waals surface area contributed by atoms with Crippen molar-refractivity contribution in [3.05, 3.63) is 65.2 Å². The lowest BCUT2D eigenvalue weighted by Gasteiger charge is -2.10. The SMILES string of the molecule is Fc1ccc(-c2nn(-c3cccc(C(F)(F)F)c3)c3c2CCN3)c(F)c1. The first-order chi connectivity index (χ1) is 12.3. The molecule has 0 bridgehead atoms. The zero-order chi connectivity index (χ0) is 18.5. The third kappa shape index (κ3) is 2.71. The van der Waals surface area contributed by atoms with Gasteiger partial charge in [0.15, 0.2) is 0 Å². The Morgan fingerprint density at radius 2 is 1.85 bits per heavy atom. The molecule has 1 aliphatic rings. The zero-order valence-corrected chi connectivity index (χ0v) is 13.2. The zero-order valence-electron chi connectivity index (χ0n) is 13.2. The Hall–Kier alpha value is -2.90. The van der Waals surface area contributed by atoms with Crippen LogP contribution in [0, 0.1) is 11.6 Å². The highest BCUT2D eigenvalue weighted by molar-refractivity contribution is 5.73. The molecule has 2 heterocycles. The lowest BCUT2D eigenvalue weighted by molar-refractivity contribution is -0.137. The Morgan fingerprint density at radius 3 is 2.58 bits per heavy atom. The molecule has 134 valence electrons. The van der Waals surface area contributed by atoms with E-state index in [1.54, 1.807) is 0 Å². The summed E-state index contributed by atoms with van der Waals surface area (Å²) in [6.45, 7) is 0.558. The van der Waals surface area contributed by atoms with Gasteiger partial charge in [-0.15, -0.1) is 0 Å². The van der Waals surface area contributed by atoms with Crippen molar-refractivity contribution in [1.82, 2.24) is 9.78 Å². The van der Waals surface area contributed by atoms with E-state index in [1.165, 1.54) is 22.9 Å². The molecule has 0 saturated carbocycles. The molecule has 8 heteroatoms. The van der Waals surface area contributed by atoms with Crippen LogP contribution in [-0.4, -0.2) is 16.3 Å². The van der Waals surface area contributed by atoms with Crippen LogP contribution < -0.4 is 5.32 Å². The number of fused-ring (bicyclic) bond motifs is 1. The van der Waals surface area contributed by atoms with Gasteiger partial charge in [-0.25, -0.2) is 13.5 Å². The number of alkyl halides is 3. The Labute approximate surface area is 145 Å². The monoisotopic (exact) mass is 365 g/mol. The number of anilines is 1. The van der Waals surface area contributed by atoms with Gasteiger partial charge >= 0.3 is 6.18 Å². The summed E-state index contributed by atoms with van der Waals surface area (Å²) in [5, 5.41) is 7.38. The fourth-order valence-corrected chi connectivity index (χ4v) is 3.07. The molecule has 26 heavy (non-hydrogen) atoms. The molecular formula is C18H12F5N3. The standard InChI is InChI=1S/C18H12F5N3/c19-11-4-5-13(15(20)9-11)16-14-6-7-24-17(14)26(25-16)12-3-1-2-10(8-12)18(21,22)23/h1-5,8-9,24H,6-7H2. The number of rotatable bonds is 2. The van der Waals surface area contributed by atoms with Crippen LogP contribution >= 0.6 is 0 Å². The van der Waals surface area contributed by atoms with Gasteiger partial charge in [-0.05, 0) is 36.8 Å². The van der Waals surface area contributed by atoms with Crippen molar-refractivity contribution >= 4 is 5.82 Å². The Morgan fingerprint density at radius 1 is 1.04 bits per heavy atom. The number of hydrogen-bond donors (Lipinski definition) is 1. The Kier molecular flexibility index (Phi) is 3.71. The number of nitrogens with zero attached hydrogens (tertiary/aromatic N) is 2. The summed E-state index contributed by atoms with van der Waals surface area (Å²) in [6, 6.07) is 7.90. The van der Waals surface area contributed by atoms with Crippen LogP contribution in [0.25, 0.3) is 16.9 Å². The number of nitrogens with one attached hydrogen (secondary N) is 1. The van der Waals surface area contributed by atoms with Gasteiger partial charge in [0.05, 0.1) is 11.3 Å². The van der Waals surface area contributed by atoms with Crippen molar-refractivity contribution in [1.29, 1.82) is 0 Å². The normalized spacial score (nSPS) is 13.6. The second-order valence-corrected chi connectivity index (χ2v) is 5.94. The van der Waals surface area contributed by atoms with E-state index in [0.29, 0.717) is 30.0 Å². The van der Waals surface area contributed by atoms with E-state index in [1.807, 2.05) is 0 Å². The van der Waals surface area contributed by atoms with Crippen LogP contribution in [0.1, 0.15) is 11.1 Å². The van der Waals surface area contributed by atoms with Gasteiger partial charge in [0.25, 0.3) is 0 Å². The summed E-state index contributed by atoms with van der Waals surface area (Å²) in [4.78, 5) is 0. The van der Waals surface area contributed by atoms with E-state index >= 15 is 0 Å². The van der Waals surface area contributed by atoms with E-state index in [2.05, 4.69) is 10.4 Å². The lowest BCUT2D eigenvalue weighted by atomic mass is 10.1. The topological polar surface area (TPSA) is 29.9 Å². The maximum absolute atomic E-state index is 14.2. The molecule has 3 nitrogen and oxygen atoms in total. The van der Waals surface area contributed by atoms with Gasteiger partial charge in [0, 0.05) is 23.7 Å². The van der Waals surface area contributed by atoms with Gasteiger partial charge in [-0.2, -0.15) is 18.3 Å². The van der Waals surface area contributed by atoms with Gasteiger partial charge in [0.2, 0.25) is 0 Å². The van der Waals surface area contributed by atoms with Crippen LogP contribution in [-0.2, 0) is 12.6 Å². The van der Waals surface area contributed by atoms with E-state index in [0.717, 1.165) is 24.3 Å². The predicted octanol–water partition coefficient (Wildman–Crippen LogP) is 4.80. The largest absolute Gasteiger partial charge is 0.416 e. The highest BCUT2D eigenvalue weighted by Gasteiger charge is 2.31. The number of hydrogen-bond acceptors (Lipinski definition) is 2. The average molecular weight is 365 g/mol. The average Bonchev–Trinajstić information content (AvgIpc) is 3.17. The Balaban J connectivity index is 1.87. The maximum atomic E-state index is 14.2. The number of halogens is 5. The minimum Gasteiger partial charge on any atom is -0.369 e. The summed E-state index contributed by atoms with van der Waals surface area (Å²) >= 11 is 0. The second kappa shape index (κ2) is 5.82. The molecule has 0 radical (unpaired) electrons. The molecule has 0 unspecified atom stereocenters. The Bertz CT molecular complexity index is 991. The van der Waals surface area contributed by atoms with Crippen molar-refractivity contribution in [2.24, 2.45) is 0 Å². The van der Waals surface area contributed by atoms with Crippen molar-refractivity contribution < 1.29 is 22.0 Å². The molecule has 1 N–H and O–H groups in total. The van der Waals surface area contributed by atoms with Gasteiger partial charge in [0.1, 0.15) is 23.1 Å². The third-order valence-electron chi connectivity index (χ3n) is 4.26. The van der Waals surface area contributed by atoms with E-state index < -0.39 is 23.4 Å². The third-order valence-corrected chi connectivity index (χ3v) is 4.26. The molecule has 3 aromatic rings. The predicted molar refractivity (Wildman–Crippen MR) is 86.1 cm³/mol. The molecular weight excluding hydrogens is 353 g/mol. The summed E-state index contributed by atoms with van der Waals surface area (Å²) in [5.41, 5.74) is 0.496. The van der Waals surface area contributed by atoms with Gasteiger partial charge < -0.3 is 5.32 Å². The molecule has 1 aromatic heterocycles. The fourth-order valence-electron chi connectivity index (χ4n) is 3.07. The van der Waals surface area contributed by atoms with E-state index in [9.17, 15) is 22.0 Å². The van der Waals surface area contributed by atoms with E-state index in [-0.39, 0.29) is 11.3 Å². The summed E-state index contributed by atoms with van der Waals surface area (Å²) in [5.74, 6) is -0.963. The van der Waals surface area contributed by atoms with Crippen molar-refractivity contribution in [2.45, 2.75) is 12.6 Å². The first-order valence-corrected chi connectivity index (χ1v) is 7.83. The number of benzene rings is 2. The smallest absolute Gasteiger partial charge is 0.369 e. The first-order valence-electron chi connectivity index (χ1n) is 7.83. The summed E-state index contributed by atoms with van der Waals surface area (Å²) in [6.07, 6.45) is -3.94. The van der Waals surface area contributed by atoms with Gasteiger partial charge in [-0.1, -0.05) is 6.07 Å². The van der Waals surface area contributed by atoms with Crippen LogP contribution in [0.3, 0.4) is 0 Å². The maximum Gasteiger partial charge on any atom is 0.416 e. The summed E-state index contributed by atoms with van der Waals surface area (Å²) < 4.78 is 67.7. The fraction of sp³-hybridized carbons (Fsp3) is 0.167. The molecule has 4 rings (SSSR count). The highest BCUT2D eigenvalue weighted by Crippen LogP contribution is 2.37. The second-order valence-electron chi connectivity index (χ2n) is 5.94. The molecule has 0 spiro atoms. The van der Waals surface area contributed by atoms with Crippen LogP contribution in [0.15, 0.2) is 42.5 Å². The molecule has 1 aliphatic heterocycles. The minimum atomic E-state index is -4.48. The number of aromatic nitrogens is 2. The highest BCUT2D eigenvalue weighted by atomic mass is 19.4. The first kappa shape index (κ1) is 16.6. The van der Waals surface area contributed by atoms with Crippen LogP contribution in [0.4, 0.5) is 27.8 Å². The van der Waals surface area contributed by atoms with E-state index in [4.69, 9.17) is 0 Å². The quantitative estimate of drug-likeness (QED) is 0.661. The molecule has 0 fully saturated rings. The van der Waals surface area contributed by atoms with Crippen molar-refractivity contribution in [2.75, 3.05) is 11.9 Å². The molecule has 2 aromatic carbocycles. The lowest BCUT2D eigenvalue weighted by Crippen LogP contribution is -2.08. The molecule has 0 saturated heterocycles. The molecule has 0 atom stereocenters. The molecule has 0 aliphatic carbocycles. The molecule has 0 amide bonds. The van der Waals surface area contributed by atoms with Crippen LogP contribution in [0.2, 0.25) is 0 Å². The minimum absolute atomic E-state index is 0.108. The van der Waals surface area contributed by atoms with Gasteiger partial charge in [-0.3, -0.25) is 0 Å². The van der Waals surface area contributed by atoms with Crippen molar-refractivity contribution in [3.8, 4) is 16.9 Å². The summed E-state index contributed by atoms with van der Waals surface area (Å²) in [7, 11) is 0. The van der Waals surface area contributed by atoms with Crippen LogP contribution in [0.5, 0.6) is 0 Å².